The first kappa shape index (κ1) is 16.4. The minimum atomic E-state index is -0.870. The van der Waals surface area contributed by atoms with E-state index in [0.29, 0.717) is 31.4 Å². The Labute approximate surface area is 149 Å². The summed E-state index contributed by atoms with van der Waals surface area (Å²) in [5, 5.41) is 11.7. The Hall–Kier alpha value is -0.0100. The summed E-state index contributed by atoms with van der Waals surface area (Å²) in [5.41, 5.74) is 1.30. The van der Waals surface area contributed by atoms with E-state index >= 15 is 0 Å². The highest BCUT2D eigenvalue weighted by Crippen LogP contribution is 2.39. The Morgan fingerprint density at radius 1 is 1.15 bits per heavy atom. The zero-order chi connectivity index (χ0) is 14.9. The number of rotatable bonds is 3. The molecule has 0 bridgehead atoms. The number of aliphatic hydroxyl groups is 1. The van der Waals surface area contributed by atoms with Crippen molar-refractivity contribution < 1.29 is 9.84 Å². The van der Waals surface area contributed by atoms with Crippen LogP contribution in [0.4, 0.5) is 0 Å². The number of ether oxygens (including phenoxy) is 1. The van der Waals surface area contributed by atoms with Crippen LogP contribution in [-0.2, 0) is 0 Å². The van der Waals surface area contributed by atoms with Gasteiger partial charge in [0.25, 0.3) is 0 Å². The van der Waals surface area contributed by atoms with Gasteiger partial charge in [0.05, 0.1) is 11.6 Å². The fraction of sp³-hybridized carbons (Fsp3) is 0.143. The molecule has 0 spiro atoms. The Morgan fingerprint density at radius 2 is 1.80 bits per heavy atom. The minimum absolute atomic E-state index is 0.517. The standard InChI is InChI=1S/C14H10BrCl2IO2/c1-20-14-10(5-8(17)6-11(14)15)13(19)9-4-7(16)2-3-12(9)18/h2-6,13,19H,1H3. The molecular weight excluding hydrogens is 478 g/mol. The van der Waals surface area contributed by atoms with Crippen LogP contribution in [0.25, 0.3) is 0 Å². The summed E-state index contributed by atoms with van der Waals surface area (Å²) in [6, 6.07) is 8.78. The van der Waals surface area contributed by atoms with E-state index in [1.807, 2.05) is 6.07 Å². The molecule has 0 fully saturated rings. The Balaban J connectivity index is 2.58. The van der Waals surface area contributed by atoms with Crippen LogP contribution in [-0.4, -0.2) is 12.2 Å². The van der Waals surface area contributed by atoms with Crippen molar-refractivity contribution in [1.82, 2.24) is 0 Å². The van der Waals surface area contributed by atoms with E-state index in [4.69, 9.17) is 27.9 Å². The SMILES string of the molecule is COc1c(Br)cc(Cl)cc1C(O)c1cc(Cl)ccc1I. The number of hydrogen-bond acceptors (Lipinski definition) is 2. The van der Waals surface area contributed by atoms with Crippen molar-refractivity contribution in [2.75, 3.05) is 7.11 Å². The first-order chi connectivity index (χ1) is 9.43. The molecule has 0 aromatic heterocycles. The van der Waals surface area contributed by atoms with Crippen LogP contribution in [0.5, 0.6) is 5.75 Å². The molecule has 106 valence electrons. The molecular formula is C14H10BrCl2IO2. The first-order valence-corrected chi connectivity index (χ1v) is 8.22. The summed E-state index contributed by atoms with van der Waals surface area (Å²) in [5.74, 6) is 0.553. The monoisotopic (exact) mass is 486 g/mol. The number of benzene rings is 2. The van der Waals surface area contributed by atoms with Gasteiger partial charge >= 0.3 is 0 Å². The second kappa shape index (κ2) is 6.83. The summed E-state index contributed by atoms with van der Waals surface area (Å²) < 4.78 is 6.95. The van der Waals surface area contributed by atoms with E-state index in [2.05, 4.69) is 38.5 Å². The number of methoxy groups -OCH3 is 1. The van der Waals surface area contributed by atoms with Gasteiger partial charge in [-0.05, 0) is 74.4 Å². The molecule has 0 saturated carbocycles. The minimum Gasteiger partial charge on any atom is -0.495 e. The zero-order valence-electron chi connectivity index (χ0n) is 10.3. The van der Waals surface area contributed by atoms with E-state index in [1.165, 1.54) is 0 Å². The van der Waals surface area contributed by atoms with Gasteiger partial charge in [-0.25, -0.2) is 0 Å². The Kier molecular flexibility index (Phi) is 5.59. The second-order valence-electron chi connectivity index (χ2n) is 4.08. The molecule has 1 N–H and O–H groups in total. The molecule has 6 heteroatoms. The fourth-order valence-electron chi connectivity index (χ4n) is 1.89. The van der Waals surface area contributed by atoms with E-state index in [9.17, 15) is 5.11 Å². The molecule has 1 unspecified atom stereocenters. The van der Waals surface area contributed by atoms with Gasteiger partial charge in [0, 0.05) is 19.2 Å². The number of aliphatic hydroxyl groups excluding tert-OH is 1. The van der Waals surface area contributed by atoms with Crippen molar-refractivity contribution in [1.29, 1.82) is 0 Å². The number of halogens is 4. The van der Waals surface area contributed by atoms with Crippen LogP contribution >= 0.6 is 61.7 Å². The van der Waals surface area contributed by atoms with Gasteiger partial charge in [-0.15, -0.1) is 0 Å². The van der Waals surface area contributed by atoms with Crippen molar-refractivity contribution in [3.63, 3.8) is 0 Å². The van der Waals surface area contributed by atoms with Gasteiger partial charge in [-0.2, -0.15) is 0 Å². The molecule has 0 saturated heterocycles. The lowest BCUT2D eigenvalue weighted by atomic mass is 10.0. The number of hydrogen-bond donors (Lipinski definition) is 1. The fourth-order valence-corrected chi connectivity index (χ4v) is 3.70. The van der Waals surface area contributed by atoms with Crippen LogP contribution < -0.4 is 4.74 Å². The van der Waals surface area contributed by atoms with Gasteiger partial charge in [0.1, 0.15) is 11.9 Å². The highest BCUT2D eigenvalue weighted by atomic mass is 127. The van der Waals surface area contributed by atoms with Crippen molar-refractivity contribution in [3.05, 3.63) is 59.5 Å². The third kappa shape index (κ3) is 3.42. The van der Waals surface area contributed by atoms with Crippen LogP contribution in [0.2, 0.25) is 10.0 Å². The van der Waals surface area contributed by atoms with Crippen LogP contribution in [0.1, 0.15) is 17.2 Å². The summed E-state index contributed by atoms with van der Waals surface area (Å²) in [7, 11) is 1.55. The van der Waals surface area contributed by atoms with Crippen LogP contribution in [0.15, 0.2) is 34.8 Å². The van der Waals surface area contributed by atoms with E-state index in [0.717, 1.165) is 3.57 Å². The molecule has 0 amide bonds. The molecule has 0 radical (unpaired) electrons. The van der Waals surface area contributed by atoms with Crippen molar-refractivity contribution >= 4 is 61.7 Å². The summed E-state index contributed by atoms with van der Waals surface area (Å²) >= 11 is 17.6. The molecule has 2 aromatic carbocycles. The molecule has 20 heavy (non-hydrogen) atoms. The highest BCUT2D eigenvalue weighted by Gasteiger charge is 2.21. The molecule has 1 atom stereocenters. The molecule has 0 aliphatic rings. The molecule has 2 nitrogen and oxygen atoms in total. The third-order valence-electron chi connectivity index (χ3n) is 2.79. The maximum absolute atomic E-state index is 10.6. The molecule has 2 rings (SSSR count). The van der Waals surface area contributed by atoms with Gasteiger partial charge in [-0.3, -0.25) is 0 Å². The van der Waals surface area contributed by atoms with Crippen molar-refractivity contribution in [2.45, 2.75) is 6.10 Å². The van der Waals surface area contributed by atoms with Gasteiger partial charge in [0.2, 0.25) is 0 Å². The summed E-state index contributed by atoms with van der Waals surface area (Å²) in [4.78, 5) is 0. The van der Waals surface area contributed by atoms with Gasteiger partial charge in [-0.1, -0.05) is 23.2 Å². The molecule has 0 aliphatic carbocycles. The maximum Gasteiger partial charge on any atom is 0.139 e. The molecule has 2 aromatic rings. The third-order valence-corrected chi connectivity index (χ3v) is 4.81. The maximum atomic E-state index is 10.6. The Morgan fingerprint density at radius 3 is 2.45 bits per heavy atom. The average Bonchev–Trinajstić information content (AvgIpc) is 2.40. The topological polar surface area (TPSA) is 29.5 Å². The lowest BCUT2D eigenvalue weighted by Crippen LogP contribution is -2.05. The zero-order valence-corrected chi connectivity index (χ0v) is 15.6. The quantitative estimate of drug-likeness (QED) is 0.583. The van der Waals surface area contributed by atoms with E-state index < -0.39 is 6.10 Å². The van der Waals surface area contributed by atoms with Crippen LogP contribution in [0.3, 0.4) is 0 Å². The summed E-state index contributed by atoms with van der Waals surface area (Å²) in [6.07, 6.45) is -0.870. The lowest BCUT2D eigenvalue weighted by Gasteiger charge is -2.18. The van der Waals surface area contributed by atoms with Crippen molar-refractivity contribution in [3.8, 4) is 5.75 Å². The lowest BCUT2D eigenvalue weighted by molar-refractivity contribution is 0.213. The normalized spacial score (nSPS) is 12.3. The highest BCUT2D eigenvalue weighted by molar-refractivity contribution is 14.1. The van der Waals surface area contributed by atoms with Gasteiger partial charge < -0.3 is 9.84 Å². The first-order valence-electron chi connectivity index (χ1n) is 5.60. The summed E-state index contributed by atoms with van der Waals surface area (Å²) in [6.45, 7) is 0. The van der Waals surface area contributed by atoms with Crippen molar-refractivity contribution in [2.24, 2.45) is 0 Å². The second-order valence-corrected chi connectivity index (χ2v) is 6.97. The molecule has 0 aliphatic heterocycles. The van der Waals surface area contributed by atoms with Gasteiger partial charge in [0.15, 0.2) is 0 Å². The van der Waals surface area contributed by atoms with E-state index in [-0.39, 0.29) is 0 Å². The van der Waals surface area contributed by atoms with E-state index in [1.54, 1.807) is 31.4 Å². The predicted octanol–water partition coefficient (Wildman–Crippen LogP) is 5.45. The molecule has 0 heterocycles. The van der Waals surface area contributed by atoms with Crippen LogP contribution in [0, 0.1) is 3.57 Å². The predicted molar refractivity (Wildman–Crippen MR) is 93.9 cm³/mol. The Bertz CT molecular complexity index is 649. The largest absolute Gasteiger partial charge is 0.495 e. The smallest absolute Gasteiger partial charge is 0.139 e. The average molecular weight is 488 g/mol.